The van der Waals surface area contributed by atoms with Crippen molar-refractivity contribution in [1.29, 1.82) is 0 Å². The maximum absolute atomic E-state index is 12.1. The number of rotatable bonds is 2. The number of hydrogen-bond acceptors (Lipinski definition) is 3. The molecule has 0 spiro atoms. The van der Waals surface area contributed by atoms with Crippen LogP contribution in [-0.2, 0) is 14.3 Å². The fraction of sp³-hybridized carbons (Fsp3) is 0.238. The topological polar surface area (TPSA) is 43.4 Å². The first-order chi connectivity index (χ1) is 11.7. The van der Waals surface area contributed by atoms with Crippen LogP contribution in [0.5, 0.6) is 0 Å². The van der Waals surface area contributed by atoms with Gasteiger partial charge in [-0.1, -0.05) is 54.6 Å². The van der Waals surface area contributed by atoms with Gasteiger partial charge in [-0.25, -0.2) is 4.79 Å². The van der Waals surface area contributed by atoms with E-state index in [0.29, 0.717) is 24.8 Å². The van der Waals surface area contributed by atoms with Crippen molar-refractivity contribution < 1.29 is 14.3 Å². The number of carbonyl (C=O) groups excluding carboxylic acids is 2. The Kier molecular flexibility index (Phi) is 3.77. The van der Waals surface area contributed by atoms with Crippen molar-refractivity contribution in [3.8, 4) is 11.1 Å². The van der Waals surface area contributed by atoms with Gasteiger partial charge in [-0.15, -0.1) is 0 Å². The SMILES string of the molecule is O=C1CC[C@H]2OC(=O)/C(=C/c3ccc(-c4ccccc4)cc3)[C@H]2C1. The number of esters is 1. The molecule has 1 aliphatic carbocycles. The highest BCUT2D eigenvalue weighted by molar-refractivity contribution is 5.98. The maximum atomic E-state index is 12.1. The van der Waals surface area contributed by atoms with Crippen LogP contribution < -0.4 is 0 Å². The molecule has 2 atom stereocenters. The summed E-state index contributed by atoms with van der Waals surface area (Å²) < 4.78 is 5.43. The van der Waals surface area contributed by atoms with Crippen molar-refractivity contribution in [3.05, 3.63) is 65.7 Å². The summed E-state index contributed by atoms with van der Waals surface area (Å²) in [6.45, 7) is 0. The van der Waals surface area contributed by atoms with Gasteiger partial charge in [0, 0.05) is 24.3 Å². The zero-order valence-electron chi connectivity index (χ0n) is 13.3. The van der Waals surface area contributed by atoms with Crippen LogP contribution in [0, 0.1) is 5.92 Å². The lowest BCUT2D eigenvalue weighted by Gasteiger charge is -2.21. The van der Waals surface area contributed by atoms with Crippen LogP contribution >= 0.6 is 0 Å². The van der Waals surface area contributed by atoms with Gasteiger partial charge in [0.15, 0.2) is 0 Å². The molecule has 24 heavy (non-hydrogen) atoms. The first-order valence-electron chi connectivity index (χ1n) is 8.30. The average Bonchev–Trinajstić information content (AvgIpc) is 2.92. The van der Waals surface area contributed by atoms with E-state index in [4.69, 9.17) is 4.74 Å². The highest BCUT2D eigenvalue weighted by atomic mass is 16.6. The van der Waals surface area contributed by atoms with Crippen molar-refractivity contribution in [3.63, 3.8) is 0 Å². The summed E-state index contributed by atoms with van der Waals surface area (Å²) in [5, 5.41) is 0. The Morgan fingerprint density at radius 3 is 2.38 bits per heavy atom. The second kappa shape index (κ2) is 6.08. The number of benzene rings is 2. The van der Waals surface area contributed by atoms with Gasteiger partial charge in [0.05, 0.1) is 0 Å². The van der Waals surface area contributed by atoms with Crippen LogP contribution in [0.25, 0.3) is 17.2 Å². The predicted octanol–water partition coefficient (Wildman–Crippen LogP) is 4.03. The van der Waals surface area contributed by atoms with Gasteiger partial charge in [0.25, 0.3) is 0 Å². The van der Waals surface area contributed by atoms with E-state index in [-0.39, 0.29) is 23.8 Å². The predicted molar refractivity (Wildman–Crippen MR) is 92.1 cm³/mol. The van der Waals surface area contributed by atoms with Gasteiger partial charge in [-0.3, -0.25) is 4.79 Å². The standard InChI is InChI=1S/C21H18O3/c22-17-10-11-20-18(13-17)19(21(23)24-20)12-14-6-8-16(9-7-14)15-4-2-1-3-5-15/h1-9,12,18,20H,10-11,13H2/b19-12+/t18-,20-/m1/s1. The minimum absolute atomic E-state index is 0.0763. The molecule has 1 heterocycles. The molecule has 1 saturated heterocycles. The zero-order valence-corrected chi connectivity index (χ0v) is 13.3. The molecule has 0 unspecified atom stereocenters. The van der Waals surface area contributed by atoms with E-state index in [1.165, 1.54) is 0 Å². The number of Topliss-reactive ketones (excluding diaryl/α,β-unsaturated/α-hetero) is 1. The molecule has 4 rings (SSSR count). The van der Waals surface area contributed by atoms with Crippen LogP contribution in [0.1, 0.15) is 24.8 Å². The lowest BCUT2D eigenvalue weighted by Crippen LogP contribution is -2.26. The van der Waals surface area contributed by atoms with Gasteiger partial charge in [0.1, 0.15) is 11.9 Å². The highest BCUT2D eigenvalue weighted by Gasteiger charge is 2.43. The fourth-order valence-electron chi connectivity index (χ4n) is 3.54. The van der Waals surface area contributed by atoms with Crippen LogP contribution in [0.2, 0.25) is 0 Å². The van der Waals surface area contributed by atoms with Gasteiger partial charge in [-0.2, -0.15) is 0 Å². The Hall–Kier alpha value is -2.68. The third-order valence-corrected chi connectivity index (χ3v) is 4.84. The Morgan fingerprint density at radius 2 is 1.62 bits per heavy atom. The van der Waals surface area contributed by atoms with E-state index < -0.39 is 0 Å². The third kappa shape index (κ3) is 2.78. The number of ketones is 1. The van der Waals surface area contributed by atoms with Crippen LogP contribution in [-0.4, -0.2) is 17.9 Å². The Morgan fingerprint density at radius 1 is 0.917 bits per heavy atom. The monoisotopic (exact) mass is 318 g/mol. The second-order valence-electron chi connectivity index (χ2n) is 6.42. The van der Waals surface area contributed by atoms with Crippen molar-refractivity contribution in [2.75, 3.05) is 0 Å². The summed E-state index contributed by atoms with van der Waals surface area (Å²) in [5.41, 5.74) is 3.90. The summed E-state index contributed by atoms with van der Waals surface area (Å²) >= 11 is 0. The van der Waals surface area contributed by atoms with Gasteiger partial charge in [0.2, 0.25) is 0 Å². The van der Waals surface area contributed by atoms with Gasteiger partial charge in [-0.05, 0) is 29.2 Å². The molecule has 2 aromatic carbocycles. The average molecular weight is 318 g/mol. The smallest absolute Gasteiger partial charge is 0.334 e. The van der Waals surface area contributed by atoms with Crippen molar-refractivity contribution in [2.45, 2.75) is 25.4 Å². The third-order valence-electron chi connectivity index (χ3n) is 4.84. The Balaban J connectivity index is 1.61. The van der Waals surface area contributed by atoms with E-state index in [9.17, 15) is 9.59 Å². The molecule has 0 N–H and O–H groups in total. The van der Waals surface area contributed by atoms with E-state index >= 15 is 0 Å². The summed E-state index contributed by atoms with van der Waals surface area (Å²) in [4.78, 5) is 23.9. The van der Waals surface area contributed by atoms with Crippen LogP contribution in [0.3, 0.4) is 0 Å². The van der Waals surface area contributed by atoms with Gasteiger partial charge < -0.3 is 4.74 Å². The van der Waals surface area contributed by atoms with Crippen molar-refractivity contribution in [1.82, 2.24) is 0 Å². The molecule has 1 aliphatic heterocycles. The van der Waals surface area contributed by atoms with E-state index in [0.717, 1.165) is 16.7 Å². The molecule has 2 aromatic rings. The van der Waals surface area contributed by atoms with Gasteiger partial charge >= 0.3 is 5.97 Å². The first-order valence-corrected chi connectivity index (χ1v) is 8.30. The molecule has 3 heteroatoms. The normalized spacial score (nSPS) is 24.8. The largest absolute Gasteiger partial charge is 0.458 e. The lowest BCUT2D eigenvalue weighted by atomic mass is 9.82. The molecule has 0 amide bonds. The first kappa shape index (κ1) is 14.9. The molecular weight excluding hydrogens is 300 g/mol. The van der Waals surface area contributed by atoms with Crippen molar-refractivity contribution in [2.24, 2.45) is 5.92 Å². The second-order valence-corrected chi connectivity index (χ2v) is 6.42. The Labute approximate surface area is 141 Å². The molecule has 3 nitrogen and oxygen atoms in total. The molecule has 2 fully saturated rings. The maximum Gasteiger partial charge on any atom is 0.334 e. The zero-order chi connectivity index (χ0) is 16.5. The molecule has 0 bridgehead atoms. The highest BCUT2D eigenvalue weighted by Crippen LogP contribution is 2.38. The lowest BCUT2D eigenvalue weighted by molar-refractivity contribution is -0.141. The summed E-state index contributed by atoms with van der Waals surface area (Å²) in [6.07, 6.45) is 3.35. The molecule has 120 valence electrons. The molecule has 1 saturated carbocycles. The van der Waals surface area contributed by atoms with E-state index in [2.05, 4.69) is 12.1 Å². The molecule has 0 radical (unpaired) electrons. The van der Waals surface area contributed by atoms with Crippen molar-refractivity contribution >= 4 is 17.8 Å². The van der Waals surface area contributed by atoms with Crippen LogP contribution in [0.4, 0.5) is 0 Å². The van der Waals surface area contributed by atoms with Crippen LogP contribution in [0.15, 0.2) is 60.2 Å². The number of ether oxygens (including phenoxy) is 1. The summed E-state index contributed by atoms with van der Waals surface area (Å²) in [6, 6.07) is 18.3. The summed E-state index contributed by atoms with van der Waals surface area (Å²) in [7, 11) is 0. The number of fused-ring (bicyclic) bond motifs is 1. The Bertz CT molecular complexity index is 803. The number of carbonyl (C=O) groups is 2. The quantitative estimate of drug-likeness (QED) is 0.620. The molecule has 0 aromatic heterocycles. The van der Waals surface area contributed by atoms with E-state index in [1.54, 1.807) is 0 Å². The summed E-state index contributed by atoms with van der Waals surface area (Å²) in [5.74, 6) is -0.126. The molecular formula is C21H18O3. The minimum atomic E-state index is -0.271. The van der Waals surface area contributed by atoms with E-state index in [1.807, 2.05) is 48.5 Å². The minimum Gasteiger partial charge on any atom is -0.458 e. The molecule has 2 aliphatic rings. The fourth-order valence-corrected chi connectivity index (χ4v) is 3.54. The number of hydrogen-bond donors (Lipinski definition) is 0.